The zero-order valence-corrected chi connectivity index (χ0v) is 11.8. The second kappa shape index (κ2) is 5.43. The van der Waals surface area contributed by atoms with Crippen LogP contribution in [0.25, 0.3) is 0 Å². The minimum absolute atomic E-state index is 0.103. The summed E-state index contributed by atoms with van der Waals surface area (Å²) in [6.45, 7) is 3.13. The van der Waals surface area contributed by atoms with Crippen molar-refractivity contribution in [1.82, 2.24) is 5.32 Å². The second-order valence-corrected chi connectivity index (χ2v) is 6.17. The van der Waals surface area contributed by atoms with Gasteiger partial charge in [-0.05, 0) is 43.4 Å². The van der Waals surface area contributed by atoms with Crippen LogP contribution in [0.5, 0.6) is 0 Å². The number of rotatable bonds is 4. The summed E-state index contributed by atoms with van der Waals surface area (Å²) >= 11 is 0. The minimum Gasteiger partial charge on any atom is -0.386 e. The van der Waals surface area contributed by atoms with E-state index in [9.17, 15) is 9.50 Å². The van der Waals surface area contributed by atoms with Gasteiger partial charge >= 0.3 is 0 Å². The summed E-state index contributed by atoms with van der Waals surface area (Å²) in [5.74, 6) is 0.278. The van der Waals surface area contributed by atoms with E-state index in [4.69, 9.17) is 4.74 Å². The van der Waals surface area contributed by atoms with Crippen molar-refractivity contribution in [2.45, 2.75) is 49.9 Å². The van der Waals surface area contributed by atoms with Crippen LogP contribution in [-0.4, -0.2) is 36.0 Å². The van der Waals surface area contributed by atoms with Crippen LogP contribution in [0, 0.1) is 5.82 Å². The molecule has 1 heterocycles. The van der Waals surface area contributed by atoms with Crippen molar-refractivity contribution in [3.05, 3.63) is 35.6 Å². The Labute approximate surface area is 119 Å². The molecule has 2 aliphatic rings. The number of benzene rings is 1. The Morgan fingerprint density at radius 2 is 2.25 bits per heavy atom. The Bertz CT molecular complexity index is 475. The van der Waals surface area contributed by atoms with Gasteiger partial charge in [0.1, 0.15) is 11.4 Å². The molecule has 0 bridgehead atoms. The summed E-state index contributed by atoms with van der Waals surface area (Å²) in [5, 5.41) is 13.8. The van der Waals surface area contributed by atoms with Crippen molar-refractivity contribution < 1.29 is 14.2 Å². The van der Waals surface area contributed by atoms with E-state index in [1.54, 1.807) is 12.1 Å². The minimum atomic E-state index is -0.732. The first-order valence-electron chi connectivity index (χ1n) is 7.40. The molecule has 1 aliphatic carbocycles. The van der Waals surface area contributed by atoms with E-state index in [-0.39, 0.29) is 11.9 Å². The fourth-order valence-corrected chi connectivity index (χ4v) is 3.14. The highest BCUT2D eigenvalue weighted by Gasteiger charge is 2.40. The predicted molar refractivity (Wildman–Crippen MR) is 75.1 cm³/mol. The highest BCUT2D eigenvalue weighted by molar-refractivity contribution is 5.23. The van der Waals surface area contributed by atoms with Gasteiger partial charge in [-0.15, -0.1) is 0 Å². The first-order chi connectivity index (χ1) is 9.57. The zero-order chi connectivity index (χ0) is 14.2. The molecule has 0 aromatic heterocycles. The molecular formula is C16H22FNO2. The first kappa shape index (κ1) is 14.0. The SMILES string of the molecule is CC1OCCC1(O)CNC1CC(c2cccc(F)c2)C1. The van der Waals surface area contributed by atoms with Gasteiger partial charge in [-0.25, -0.2) is 4.39 Å². The molecule has 20 heavy (non-hydrogen) atoms. The summed E-state index contributed by atoms with van der Waals surface area (Å²) < 4.78 is 18.6. The normalized spacial score (nSPS) is 36.9. The molecule has 1 aromatic carbocycles. The van der Waals surface area contributed by atoms with Crippen LogP contribution in [-0.2, 0) is 4.74 Å². The smallest absolute Gasteiger partial charge is 0.123 e. The molecule has 1 saturated heterocycles. The van der Waals surface area contributed by atoms with E-state index in [0.29, 0.717) is 31.5 Å². The quantitative estimate of drug-likeness (QED) is 0.888. The second-order valence-electron chi connectivity index (χ2n) is 6.17. The summed E-state index contributed by atoms with van der Waals surface area (Å²) in [5.41, 5.74) is 0.351. The highest BCUT2D eigenvalue weighted by Crippen LogP contribution is 2.37. The average Bonchev–Trinajstić information content (AvgIpc) is 2.68. The highest BCUT2D eigenvalue weighted by atomic mass is 19.1. The van der Waals surface area contributed by atoms with Gasteiger partial charge in [0.05, 0.1) is 6.10 Å². The lowest BCUT2D eigenvalue weighted by Gasteiger charge is -2.38. The third kappa shape index (κ3) is 2.73. The van der Waals surface area contributed by atoms with E-state index >= 15 is 0 Å². The average molecular weight is 279 g/mol. The Kier molecular flexibility index (Phi) is 3.80. The lowest BCUT2D eigenvalue weighted by atomic mass is 9.75. The number of hydrogen-bond donors (Lipinski definition) is 2. The van der Waals surface area contributed by atoms with E-state index < -0.39 is 5.60 Å². The molecule has 1 saturated carbocycles. The molecular weight excluding hydrogens is 257 g/mol. The van der Waals surface area contributed by atoms with E-state index in [1.807, 2.05) is 13.0 Å². The number of halogens is 1. The Balaban J connectivity index is 1.47. The molecule has 2 atom stereocenters. The van der Waals surface area contributed by atoms with Crippen molar-refractivity contribution in [3.8, 4) is 0 Å². The molecule has 4 heteroatoms. The Morgan fingerprint density at radius 3 is 2.90 bits per heavy atom. The van der Waals surface area contributed by atoms with Crippen molar-refractivity contribution in [1.29, 1.82) is 0 Å². The van der Waals surface area contributed by atoms with Gasteiger partial charge in [0.15, 0.2) is 0 Å². The van der Waals surface area contributed by atoms with Crippen LogP contribution in [0.2, 0.25) is 0 Å². The third-order valence-corrected chi connectivity index (χ3v) is 4.81. The largest absolute Gasteiger partial charge is 0.386 e. The fraction of sp³-hybridized carbons (Fsp3) is 0.625. The van der Waals surface area contributed by atoms with Crippen LogP contribution in [0.4, 0.5) is 4.39 Å². The van der Waals surface area contributed by atoms with Crippen LogP contribution >= 0.6 is 0 Å². The topological polar surface area (TPSA) is 41.5 Å². The lowest BCUT2D eigenvalue weighted by molar-refractivity contribution is -0.0295. The molecule has 0 spiro atoms. The van der Waals surface area contributed by atoms with Crippen LogP contribution in [0.1, 0.15) is 37.7 Å². The van der Waals surface area contributed by atoms with Gasteiger partial charge in [0.2, 0.25) is 0 Å². The molecule has 1 aromatic rings. The third-order valence-electron chi connectivity index (χ3n) is 4.81. The maximum absolute atomic E-state index is 13.2. The number of aliphatic hydroxyl groups is 1. The zero-order valence-electron chi connectivity index (χ0n) is 11.8. The van der Waals surface area contributed by atoms with Gasteiger partial charge in [-0.2, -0.15) is 0 Å². The molecule has 3 rings (SSSR count). The standard InChI is InChI=1S/C16H22FNO2/c1-11-16(19,5-6-20-11)10-18-15-8-13(9-15)12-3-2-4-14(17)7-12/h2-4,7,11,13,15,18-19H,5-6,8-10H2,1H3. The van der Waals surface area contributed by atoms with Crippen LogP contribution in [0.3, 0.4) is 0 Å². The number of hydrogen-bond acceptors (Lipinski definition) is 3. The monoisotopic (exact) mass is 279 g/mol. The van der Waals surface area contributed by atoms with E-state index in [0.717, 1.165) is 18.4 Å². The summed E-state index contributed by atoms with van der Waals surface area (Å²) in [6, 6.07) is 7.28. The molecule has 2 unspecified atom stereocenters. The molecule has 2 fully saturated rings. The lowest BCUT2D eigenvalue weighted by Crippen LogP contribution is -2.51. The van der Waals surface area contributed by atoms with Gasteiger partial charge < -0.3 is 15.2 Å². The van der Waals surface area contributed by atoms with Crippen LogP contribution in [0.15, 0.2) is 24.3 Å². The van der Waals surface area contributed by atoms with Gasteiger partial charge in [-0.3, -0.25) is 0 Å². The fourth-order valence-electron chi connectivity index (χ4n) is 3.14. The maximum Gasteiger partial charge on any atom is 0.123 e. The molecule has 110 valence electrons. The number of nitrogens with one attached hydrogen (secondary N) is 1. The first-order valence-corrected chi connectivity index (χ1v) is 7.40. The summed E-state index contributed by atoms with van der Waals surface area (Å²) in [4.78, 5) is 0. The predicted octanol–water partition coefficient (Wildman–Crippen LogP) is 2.20. The van der Waals surface area contributed by atoms with Crippen LogP contribution < -0.4 is 5.32 Å². The number of ether oxygens (including phenoxy) is 1. The van der Waals surface area contributed by atoms with Crippen molar-refractivity contribution in [2.75, 3.05) is 13.2 Å². The molecule has 1 aliphatic heterocycles. The van der Waals surface area contributed by atoms with Crippen molar-refractivity contribution >= 4 is 0 Å². The summed E-state index contributed by atoms with van der Waals surface area (Å²) in [6.07, 6.45) is 2.61. The summed E-state index contributed by atoms with van der Waals surface area (Å²) in [7, 11) is 0. The van der Waals surface area contributed by atoms with E-state index in [2.05, 4.69) is 5.32 Å². The van der Waals surface area contributed by atoms with Gasteiger partial charge in [0, 0.05) is 25.6 Å². The Hall–Kier alpha value is -0.970. The maximum atomic E-state index is 13.2. The molecule has 0 amide bonds. The van der Waals surface area contributed by atoms with Gasteiger partial charge in [-0.1, -0.05) is 12.1 Å². The van der Waals surface area contributed by atoms with E-state index in [1.165, 1.54) is 6.07 Å². The molecule has 3 nitrogen and oxygen atoms in total. The van der Waals surface area contributed by atoms with Crippen molar-refractivity contribution in [3.63, 3.8) is 0 Å². The molecule has 0 radical (unpaired) electrons. The molecule has 2 N–H and O–H groups in total. The Morgan fingerprint density at radius 1 is 1.45 bits per heavy atom. The van der Waals surface area contributed by atoms with Crippen molar-refractivity contribution in [2.24, 2.45) is 0 Å². The van der Waals surface area contributed by atoms with Gasteiger partial charge in [0.25, 0.3) is 0 Å².